The molecule has 0 heterocycles. The van der Waals surface area contributed by atoms with Crippen LogP contribution in [0.4, 0.5) is 0 Å². The lowest BCUT2D eigenvalue weighted by Crippen LogP contribution is -2.46. The van der Waals surface area contributed by atoms with Crippen LogP contribution in [0, 0.1) is 10.8 Å². The van der Waals surface area contributed by atoms with Crippen LogP contribution in [-0.4, -0.2) is 22.4 Å². The third-order valence-corrected chi connectivity index (χ3v) is 5.21. The van der Waals surface area contributed by atoms with Gasteiger partial charge in [0.2, 0.25) is 0 Å². The molecule has 0 aromatic rings. The SMILES string of the molecule is CCCC1(C)CC(CCC)(C[C@H](O)CC[C@H](O)CC)C1. The Labute approximate surface area is 126 Å². The fourth-order valence-electron chi connectivity index (χ4n) is 4.68. The summed E-state index contributed by atoms with van der Waals surface area (Å²) in [7, 11) is 0. The van der Waals surface area contributed by atoms with Crippen LogP contribution in [0.15, 0.2) is 0 Å². The largest absolute Gasteiger partial charge is 0.393 e. The molecule has 2 atom stereocenters. The Bertz CT molecular complexity index is 269. The van der Waals surface area contributed by atoms with Gasteiger partial charge in [-0.2, -0.15) is 0 Å². The normalized spacial score (nSPS) is 32.7. The number of hydrogen-bond acceptors (Lipinski definition) is 2. The molecule has 2 nitrogen and oxygen atoms in total. The molecule has 1 aliphatic carbocycles. The Morgan fingerprint density at radius 3 is 1.95 bits per heavy atom. The Balaban J connectivity index is 2.44. The molecule has 2 N–H and O–H groups in total. The first kappa shape index (κ1) is 18.0. The minimum Gasteiger partial charge on any atom is -0.393 e. The van der Waals surface area contributed by atoms with Crippen molar-refractivity contribution in [1.82, 2.24) is 0 Å². The van der Waals surface area contributed by atoms with E-state index in [2.05, 4.69) is 20.8 Å². The highest BCUT2D eigenvalue weighted by molar-refractivity contribution is 5.01. The molecule has 20 heavy (non-hydrogen) atoms. The van der Waals surface area contributed by atoms with Crippen molar-refractivity contribution in [3.8, 4) is 0 Å². The van der Waals surface area contributed by atoms with Crippen molar-refractivity contribution in [1.29, 1.82) is 0 Å². The quantitative estimate of drug-likeness (QED) is 0.611. The van der Waals surface area contributed by atoms with E-state index in [1.165, 1.54) is 38.5 Å². The van der Waals surface area contributed by atoms with Crippen LogP contribution in [0.1, 0.15) is 91.9 Å². The Morgan fingerprint density at radius 1 is 0.900 bits per heavy atom. The standard InChI is InChI=1S/C18H36O2/c1-5-10-17(4)13-18(14-17,11-6-2)12-16(20)9-8-15(19)7-3/h15-16,19-20H,5-14H2,1-4H3/t15-,16-,17?,18?/m1/s1. The smallest absolute Gasteiger partial charge is 0.0546 e. The van der Waals surface area contributed by atoms with Crippen molar-refractivity contribution in [2.24, 2.45) is 10.8 Å². The van der Waals surface area contributed by atoms with Crippen molar-refractivity contribution in [2.75, 3.05) is 0 Å². The number of aliphatic hydroxyl groups is 2. The molecule has 0 amide bonds. The lowest BCUT2D eigenvalue weighted by molar-refractivity contribution is -0.0738. The maximum absolute atomic E-state index is 10.3. The number of rotatable bonds is 10. The van der Waals surface area contributed by atoms with Gasteiger partial charge in [0.1, 0.15) is 0 Å². The van der Waals surface area contributed by atoms with Gasteiger partial charge in [-0.25, -0.2) is 0 Å². The van der Waals surface area contributed by atoms with Crippen LogP contribution >= 0.6 is 0 Å². The van der Waals surface area contributed by atoms with Crippen molar-refractivity contribution in [3.63, 3.8) is 0 Å². The maximum atomic E-state index is 10.3. The van der Waals surface area contributed by atoms with E-state index in [9.17, 15) is 10.2 Å². The fourth-order valence-corrected chi connectivity index (χ4v) is 4.68. The highest BCUT2D eigenvalue weighted by Gasteiger charge is 2.50. The van der Waals surface area contributed by atoms with E-state index in [1.54, 1.807) is 0 Å². The average molecular weight is 284 g/mol. The molecular formula is C18H36O2. The highest BCUT2D eigenvalue weighted by atomic mass is 16.3. The van der Waals surface area contributed by atoms with Crippen LogP contribution in [0.2, 0.25) is 0 Å². The van der Waals surface area contributed by atoms with Gasteiger partial charge < -0.3 is 10.2 Å². The number of aliphatic hydroxyl groups excluding tert-OH is 2. The van der Waals surface area contributed by atoms with Gasteiger partial charge in [0.25, 0.3) is 0 Å². The topological polar surface area (TPSA) is 40.5 Å². The molecule has 0 unspecified atom stereocenters. The van der Waals surface area contributed by atoms with Gasteiger partial charge >= 0.3 is 0 Å². The average Bonchev–Trinajstić information content (AvgIpc) is 2.34. The Kier molecular flexibility index (Phi) is 7.00. The lowest BCUT2D eigenvalue weighted by Gasteiger charge is -2.56. The summed E-state index contributed by atoms with van der Waals surface area (Å²) in [6, 6.07) is 0. The third-order valence-electron chi connectivity index (χ3n) is 5.21. The number of hydrogen-bond donors (Lipinski definition) is 2. The second-order valence-corrected chi connectivity index (χ2v) is 7.66. The summed E-state index contributed by atoms with van der Waals surface area (Å²) < 4.78 is 0. The Morgan fingerprint density at radius 2 is 1.45 bits per heavy atom. The van der Waals surface area contributed by atoms with Gasteiger partial charge in [0, 0.05) is 0 Å². The molecule has 1 saturated carbocycles. The van der Waals surface area contributed by atoms with Gasteiger partial charge in [-0.15, -0.1) is 0 Å². The van der Waals surface area contributed by atoms with Gasteiger partial charge in [0.05, 0.1) is 12.2 Å². The summed E-state index contributed by atoms with van der Waals surface area (Å²) in [6.45, 7) is 8.94. The van der Waals surface area contributed by atoms with Gasteiger partial charge in [-0.3, -0.25) is 0 Å². The van der Waals surface area contributed by atoms with Crippen molar-refractivity contribution in [2.45, 2.75) is 104 Å². The molecule has 0 radical (unpaired) electrons. The summed E-state index contributed by atoms with van der Waals surface area (Å²) >= 11 is 0. The van der Waals surface area contributed by atoms with Crippen molar-refractivity contribution in [3.05, 3.63) is 0 Å². The van der Waals surface area contributed by atoms with Crippen LogP contribution in [0.3, 0.4) is 0 Å². The first-order valence-corrected chi connectivity index (χ1v) is 8.75. The molecule has 0 spiro atoms. The van der Waals surface area contributed by atoms with Crippen LogP contribution < -0.4 is 0 Å². The first-order chi connectivity index (χ1) is 9.38. The molecule has 120 valence electrons. The third kappa shape index (κ3) is 5.04. The van der Waals surface area contributed by atoms with Crippen LogP contribution in [0.5, 0.6) is 0 Å². The maximum Gasteiger partial charge on any atom is 0.0546 e. The zero-order chi connectivity index (χ0) is 15.2. The predicted octanol–water partition coefficient (Wildman–Crippen LogP) is 4.68. The molecule has 0 aliphatic heterocycles. The molecule has 1 aliphatic rings. The summed E-state index contributed by atoms with van der Waals surface area (Å²) in [5.74, 6) is 0. The molecule has 0 aromatic heterocycles. The van der Waals surface area contributed by atoms with E-state index >= 15 is 0 Å². The van der Waals surface area contributed by atoms with Gasteiger partial charge in [-0.1, -0.05) is 40.5 Å². The molecular weight excluding hydrogens is 248 g/mol. The molecule has 0 bridgehead atoms. The molecule has 0 saturated heterocycles. The lowest BCUT2D eigenvalue weighted by atomic mass is 9.49. The summed E-state index contributed by atoms with van der Waals surface area (Å²) in [5, 5.41) is 19.9. The van der Waals surface area contributed by atoms with Gasteiger partial charge in [-0.05, 0) is 62.2 Å². The second kappa shape index (κ2) is 7.79. The monoisotopic (exact) mass is 284 g/mol. The van der Waals surface area contributed by atoms with Crippen molar-refractivity contribution >= 4 is 0 Å². The van der Waals surface area contributed by atoms with Crippen LogP contribution in [0.25, 0.3) is 0 Å². The Hall–Kier alpha value is -0.0800. The zero-order valence-corrected chi connectivity index (χ0v) is 14.1. The summed E-state index contributed by atoms with van der Waals surface area (Å²) in [5.41, 5.74) is 0.905. The summed E-state index contributed by atoms with van der Waals surface area (Å²) in [4.78, 5) is 0. The molecule has 1 rings (SSSR count). The van der Waals surface area contributed by atoms with E-state index in [0.29, 0.717) is 10.8 Å². The predicted molar refractivity (Wildman–Crippen MR) is 85.7 cm³/mol. The fraction of sp³-hybridized carbons (Fsp3) is 1.00. The van der Waals surface area contributed by atoms with Gasteiger partial charge in [0.15, 0.2) is 0 Å². The van der Waals surface area contributed by atoms with E-state index in [0.717, 1.165) is 25.7 Å². The minimum atomic E-state index is -0.237. The van der Waals surface area contributed by atoms with Crippen molar-refractivity contribution < 1.29 is 10.2 Å². The van der Waals surface area contributed by atoms with Crippen LogP contribution in [-0.2, 0) is 0 Å². The van der Waals surface area contributed by atoms with E-state index in [1.807, 2.05) is 6.92 Å². The van der Waals surface area contributed by atoms with E-state index in [-0.39, 0.29) is 12.2 Å². The first-order valence-electron chi connectivity index (χ1n) is 8.75. The zero-order valence-electron chi connectivity index (χ0n) is 14.1. The second-order valence-electron chi connectivity index (χ2n) is 7.66. The minimum absolute atomic E-state index is 0.228. The highest BCUT2D eigenvalue weighted by Crippen LogP contribution is 2.61. The van der Waals surface area contributed by atoms with E-state index in [4.69, 9.17) is 0 Å². The molecule has 1 fully saturated rings. The summed E-state index contributed by atoms with van der Waals surface area (Å²) in [6.07, 6.45) is 10.4. The molecule has 2 heteroatoms. The molecule has 0 aromatic carbocycles. The van der Waals surface area contributed by atoms with E-state index < -0.39 is 0 Å².